The van der Waals surface area contributed by atoms with Crippen LogP contribution < -0.4 is 10.2 Å². The molecule has 5 nitrogen and oxygen atoms in total. The van der Waals surface area contributed by atoms with E-state index in [0.29, 0.717) is 23.2 Å². The Morgan fingerprint density at radius 3 is 2.93 bits per heavy atom. The molecule has 1 fully saturated rings. The standard InChI is InChI=1S/C22H28N4O/c1-4-6-17-8-9-20(26-12-11-24-19(15-26)13-16(2)3)25-21(17)22(27)18-7-5-10-23-14-18/h4-10,14,16,19,24H,11-13,15H2,1-3H3/b6-4-/t19-/m0/s1. The Morgan fingerprint density at radius 2 is 2.22 bits per heavy atom. The van der Waals surface area contributed by atoms with Gasteiger partial charge in [0.25, 0.3) is 0 Å². The van der Waals surface area contributed by atoms with E-state index < -0.39 is 0 Å². The van der Waals surface area contributed by atoms with Crippen molar-refractivity contribution < 1.29 is 4.79 Å². The zero-order chi connectivity index (χ0) is 19.2. The fraction of sp³-hybridized carbons (Fsp3) is 0.409. The highest BCUT2D eigenvalue weighted by molar-refractivity contribution is 6.09. The lowest BCUT2D eigenvalue weighted by Gasteiger charge is -2.35. The fourth-order valence-corrected chi connectivity index (χ4v) is 3.53. The lowest BCUT2D eigenvalue weighted by atomic mass is 10.0. The Balaban J connectivity index is 1.90. The number of hydrogen-bond acceptors (Lipinski definition) is 5. The molecule has 3 rings (SSSR count). The summed E-state index contributed by atoms with van der Waals surface area (Å²) >= 11 is 0. The van der Waals surface area contributed by atoms with E-state index in [1.807, 2.05) is 31.2 Å². The molecule has 1 atom stereocenters. The summed E-state index contributed by atoms with van der Waals surface area (Å²) in [5, 5.41) is 3.59. The number of rotatable bonds is 6. The summed E-state index contributed by atoms with van der Waals surface area (Å²) in [7, 11) is 0. The van der Waals surface area contributed by atoms with Gasteiger partial charge in [0.15, 0.2) is 0 Å². The van der Waals surface area contributed by atoms with Gasteiger partial charge < -0.3 is 10.2 Å². The van der Waals surface area contributed by atoms with Gasteiger partial charge in [0, 0.05) is 49.2 Å². The number of hydrogen-bond donors (Lipinski definition) is 1. The predicted octanol–water partition coefficient (Wildman–Crippen LogP) is 3.57. The molecule has 0 aliphatic carbocycles. The normalized spacial score (nSPS) is 17.6. The van der Waals surface area contributed by atoms with Crippen LogP contribution in [0.15, 0.2) is 42.7 Å². The number of ketones is 1. The van der Waals surface area contributed by atoms with E-state index in [-0.39, 0.29) is 5.78 Å². The topological polar surface area (TPSA) is 58.1 Å². The highest BCUT2D eigenvalue weighted by atomic mass is 16.1. The summed E-state index contributed by atoms with van der Waals surface area (Å²) < 4.78 is 0. The van der Waals surface area contributed by atoms with Gasteiger partial charge in [-0.15, -0.1) is 0 Å². The van der Waals surface area contributed by atoms with E-state index in [1.54, 1.807) is 24.5 Å². The molecule has 2 aromatic rings. The number of piperazine rings is 1. The van der Waals surface area contributed by atoms with E-state index in [2.05, 4.69) is 29.0 Å². The number of carbonyl (C=O) groups excluding carboxylic acids is 1. The van der Waals surface area contributed by atoms with Gasteiger partial charge in [-0.25, -0.2) is 4.98 Å². The molecule has 0 spiro atoms. The van der Waals surface area contributed by atoms with Crippen molar-refractivity contribution in [3.8, 4) is 0 Å². The highest BCUT2D eigenvalue weighted by Gasteiger charge is 2.23. The third kappa shape index (κ3) is 4.80. The van der Waals surface area contributed by atoms with Crippen molar-refractivity contribution in [1.29, 1.82) is 0 Å². The van der Waals surface area contributed by atoms with Gasteiger partial charge in [-0.1, -0.05) is 26.0 Å². The Kier molecular flexibility index (Phi) is 6.35. The van der Waals surface area contributed by atoms with Crippen LogP contribution in [0.4, 0.5) is 5.82 Å². The van der Waals surface area contributed by atoms with Crippen LogP contribution in [0.5, 0.6) is 0 Å². The molecule has 0 bridgehead atoms. The zero-order valence-electron chi connectivity index (χ0n) is 16.4. The summed E-state index contributed by atoms with van der Waals surface area (Å²) in [5.74, 6) is 1.42. The minimum Gasteiger partial charge on any atom is -0.354 e. The molecule has 1 saturated heterocycles. The molecule has 2 aromatic heterocycles. The van der Waals surface area contributed by atoms with Gasteiger partial charge in [-0.3, -0.25) is 9.78 Å². The Bertz CT molecular complexity index is 801. The molecule has 0 radical (unpaired) electrons. The largest absolute Gasteiger partial charge is 0.354 e. The third-order valence-corrected chi connectivity index (χ3v) is 4.73. The maximum absolute atomic E-state index is 13.0. The number of nitrogens with zero attached hydrogens (tertiary/aromatic N) is 3. The maximum Gasteiger partial charge on any atom is 0.213 e. The molecular weight excluding hydrogens is 336 g/mol. The van der Waals surface area contributed by atoms with Crippen molar-refractivity contribution in [2.24, 2.45) is 5.92 Å². The number of carbonyl (C=O) groups is 1. The van der Waals surface area contributed by atoms with Gasteiger partial charge >= 0.3 is 0 Å². The molecule has 0 amide bonds. The second kappa shape index (κ2) is 8.91. The molecule has 27 heavy (non-hydrogen) atoms. The van der Waals surface area contributed by atoms with Crippen LogP contribution in [0.2, 0.25) is 0 Å². The molecule has 1 aliphatic heterocycles. The summed E-state index contributed by atoms with van der Waals surface area (Å²) in [6, 6.07) is 8.03. The van der Waals surface area contributed by atoms with E-state index in [0.717, 1.165) is 37.4 Å². The molecular formula is C22H28N4O. The van der Waals surface area contributed by atoms with Gasteiger partial charge in [0.1, 0.15) is 11.5 Å². The van der Waals surface area contributed by atoms with Crippen LogP contribution in [0.1, 0.15) is 48.8 Å². The maximum atomic E-state index is 13.0. The smallest absolute Gasteiger partial charge is 0.213 e. The quantitative estimate of drug-likeness (QED) is 0.794. The van der Waals surface area contributed by atoms with Crippen molar-refractivity contribution in [1.82, 2.24) is 15.3 Å². The number of nitrogens with one attached hydrogen (secondary N) is 1. The minimum atomic E-state index is -0.0908. The zero-order valence-corrected chi connectivity index (χ0v) is 16.4. The molecule has 0 unspecified atom stereocenters. The van der Waals surface area contributed by atoms with Gasteiger partial charge in [0.05, 0.1) is 0 Å². The summed E-state index contributed by atoms with van der Waals surface area (Å²) in [5.41, 5.74) is 1.88. The lowest BCUT2D eigenvalue weighted by Crippen LogP contribution is -2.51. The average molecular weight is 364 g/mol. The Labute approximate surface area is 161 Å². The first-order valence-corrected chi connectivity index (χ1v) is 9.65. The number of anilines is 1. The van der Waals surface area contributed by atoms with Crippen molar-refractivity contribution in [3.05, 3.63) is 59.6 Å². The lowest BCUT2D eigenvalue weighted by molar-refractivity contribution is 0.103. The predicted molar refractivity (Wildman–Crippen MR) is 110 cm³/mol. The number of pyridine rings is 2. The monoisotopic (exact) mass is 364 g/mol. The van der Waals surface area contributed by atoms with Crippen LogP contribution in [-0.4, -0.2) is 41.4 Å². The van der Waals surface area contributed by atoms with Gasteiger partial charge in [-0.05, 0) is 43.5 Å². The highest BCUT2D eigenvalue weighted by Crippen LogP contribution is 2.21. The fourth-order valence-electron chi connectivity index (χ4n) is 3.53. The first-order valence-electron chi connectivity index (χ1n) is 9.65. The summed E-state index contributed by atoms with van der Waals surface area (Å²) in [6.07, 6.45) is 8.26. The Hall–Kier alpha value is -2.53. The number of aromatic nitrogens is 2. The second-order valence-corrected chi connectivity index (χ2v) is 7.40. The average Bonchev–Trinajstić information content (AvgIpc) is 2.68. The molecule has 0 saturated carbocycles. The van der Waals surface area contributed by atoms with E-state index in [1.165, 1.54) is 0 Å². The molecule has 3 heterocycles. The van der Waals surface area contributed by atoms with Crippen LogP contribution in [0.25, 0.3) is 6.08 Å². The molecule has 0 aromatic carbocycles. The summed E-state index contributed by atoms with van der Waals surface area (Å²) in [4.78, 5) is 24.1. The van der Waals surface area contributed by atoms with Gasteiger partial charge in [0.2, 0.25) is 5.78 Å². The SMILES string of the molecule is C/C=C\c1ccc(N2CCN[C@@H](CC(C)C)C2)nc1C(=O)c1cccnc1. The minimum absolute atomic E-state index is 0.0908. The molecule has 1 N–H and O–H groups in total. The van der Waals surface area contributed by atoms with Crippen LogP contribution in [0, 0.1) is 5.92 Å². The first kappa shape index (κ1) is 19.2. The van der Waals surface area contributed by atoms with Crippen LogP contribution in [0.3, 0.4) is 0 Å². The van der Waals surface area contributed by atoms with E-state index in [9.17, 15) is 4.79 Å². The van der Waals surface area contributed by atoms with E-state index >= 15 is 0 Å². The second-order valence-electron chi connectivity index (χ2n) is 7.40. The number of allylic oxidation sites excluding steroid dienone is 1. The summed E-state index contributed by atoms with van der Waals surface area (Å²) in [6.45, 7) is 9.17. The van der Waals surface area contributed by atoms with Crippen LogP contribution >= 0.6 is 0 Å². The van der Waals surface area contributed by atoms with E-state index in [4.69, 9.17) is 4.98 Å². The van der Waals surface area contributed by atoms with Gasteiger partial charge in [-0.2, -0.15) is 0 Å². The third-order valence-electron chi connectivity index (χ3n) is 4.73. The van der Waals surface area contributed by atoms with Crippen molar-refractivity contribution in [3.63, 3.8) is 0 Å². The first-order chi connectivity index (χ1) is 13.1. The van der Waals surface area contributed by atoms with Crippen molar-refractivity contribution in [2.75, 3.05) is 24.5 Å². The molecule has 1 aliphatic rings. The molecule has 142 valence electrons. The van der Waals surface area contributed by atoms with Crippen molar-refractivity contribution in [2.45, 2.75) is 33.2 Å². The van der Waals surface area contributed by atoms with Crippen LogP contribution in [-0.2, 0) is 0 Å². The van der Waals surface area contributed by atoms with Crippen molar-refractivity contribution >= 4 is 17.7 Å². The Morgan fingerprint density at radius 1 is 1.37 bits per heavy atom. The molecule has 5 heteroatoms.